The highest BCUT2D eigenvalue weighted by Crippen LogP contribution is 2.27. The molecule has 0 aromatic heterocycles. The van der Waals surface area contributed by atoms with Crippen LogP contribution in [0.1, 0.15) is 32.4 Å². The molecule has 4 nitrogen and oxygen atoms in total. The predicted molar refractivity (Wildman–Crippen MR) is 72.6 cm³/mol. The second-order valence-electron chi connectivity index (χ2n) is 5.92. The van der Waals surface area contributed by atoms with Crippen molar-refractivity contribution in [1.82, 2.24) is 4.90 Å². The van der Waals surface area contributed by atoms with Gasteiger partial charge in [0.15, 0.2) is 6.10 Å². The van der Waals surface area contributed by atoms with Crippen LogP contribution in [0.2, 0.25) is 0 Å². The van der Waals surface area contributed by atoms with Gasteiger partial charge < -0.3 is 14.7 Å². The summed E-state index contributed by atoms with van der Waals surface area (Å²) in [6.07, 6.45) is -0.997. The van der Waals surface area contributed by atoms with Gasteiger partial charge in [-0.05, 0) is 26.3 Å². The first kappa shape index (κ1) is 14.0. The second kappa shape index (κ2) is 5.31. The van der Waals surface area contributed by atoms with Crippen LogP contribution < -0.4 is 0 Å². The Hall–Kier alpha value is -1.39. The smallest absolute Gasteiger partial charge is 0.256 e. The van der Waals surface area contributed by atoms with E-state index in [2.05, 4.69) is 0 Å². The topological polar surface area (TPSA) is 49.8 Å². The third-order valence-corrected chi connectivity index (χ3v) is 2.97. The monoisotopic (exact) mass is 263 g/mol. The lowest BCUT2D eigenvalue weighted by Gasteiger charge is -2.39. The first-order valence-corrected chi connectivity index (χ1v) is 6.56. The summed E-state index contributed by atoms with van der Waals surface area (Å²) in [6.45, 7) is 6.59. The molecule has 1 N–H and O–H groups in total. The van der Waals surface area contributed by atoms with Crippen molar-refractivity contribution in [2.24, 2.45) is 0 Å². The van der Waals surface area contributed by atoms with Crippen molar-refractivity contribution in [3.63, 3.8) is 0 Å². The van der Waals surface area contributed by atoms with E-state index < -0.39 is 17.8 Å². The van der Waals surface area contributed by atoms with Gasteiger partial charge in [0.1, 0.15) is 0 Å². The van der Waals surface area contributed by atoms with E-state index in [9.17, 15) is 9.90 Å². The molecule has 0 bridgehead atoms. The Morgan fingerprint density at radius 1 is 1.32 bits per heavy atom. The highest BCUT2D eigenvalue weighted by Gasteiger charge is 2.36. The number of benzene rings is 1. The van der Waals surface area contributed by atoms with Gasteiger partial charge in [-0.25, -0.2) is 0 Å². The minimum atomic E-state index is -0.603. The Labute approximate surface area is 114 Å². The van der Waals surface area contributed by atoms with Gasteiger partial charge in [-0.3, -0.25) is 4.79 Å². The van der Waals surface area contributed by atoms with Crippen molar-refractivity contribution in [1.29, 1.82) is 0 Å². The molecule has 1 amide bonds. The molecule has 0 radical (unpaired) electrons. The molecule has 1 saturated heterocycles. The molecule has 0 aliphatic carbocycles. The molecule has 0 saturated carbocycles. The lowest BCUT2D eigenvalue weighted by Crippen LogP contribution is -2.55. The number of likely N-dealkylation sites (tertiary alicyclic amines) is 1. The van der Waals surface area contributed by atoms with E-state index in [4.69, 9.17) is 4.74 Å². The minimum absolute atomic E-state index is 0.0774. The average molecular weight is 263 g/mol. The molecule has 104 valence electrons. The van der Waals surface area contributed by atoms with Gasteiger partial charge in [-0.1, -0.05) is 30.3 Å². The quantitative estimate of drug-likeness (QED) is 0.903. The molecule has 0 spiro atoms. The number of β-amino-alcohol motifs (C(OH)–C–C–N with tert-alkyl or cyclic N) is 1. The fraction of sp³-hybridized carbons (Fsp3) is 0.533. The number of hydrogen-bond donors (Lipinski definition) is 1. The maximum absolute atomic E-state index is 12.4. The Bertz CT molecular complexity index is 432. The third kappa shape index (κ3) is 3.55. The number of aliphatic hydroxyl groups excluding tert-OH is 1. The summed E-state index contributed by atoms with van der Waals surface area (Å²) in [7, 11) is 0. The first-order valence-electron chi connectivity index (χ1n) is 6.56. The highest BCUT2D eigenvalue weighted by molar-refractivity contribution is 5.83. The summed E-state index contributed by atoms with van der Waals surface area (Å²) in [4.78, 5) is 14.1. The SMILES string of the molecule is CC(C)(C)OC(C(=O)N1CC(O)C1)c1ccccc1. The van der Waals surface area contributed by atoms with E-state index >= 15 is 0 Å². The van der Waals surface area contributed by atoms with Crippen LogP contribution in [0.4, 0.5) is 0 Å². The Morgan fingerprint density at radius 2 is 1.89 bits per heavy atom. The number of carbonyl (C=O) groups is 1. The molecule has 1 atom stereocenters. The van der Waals surface area contributed by atoms with Gasteiger partial charge in [0.05, 0.1) is 11.7 Å². The zero-order valence-electron chi connectivity index (χ0n) is 11.7. The lowest BCUT2D eigenvalue weighted by atomic mass is 10.0. The molecule has 1 heterocycles. The number of aliphatic hydroxyl groups is 1. The van der Waals surface area contributed by atoms with Gasteiger partial charge in [-0.2, -0.15) is 0 Å². The van der Waals surface area contributed by atoms with Crippen LogP contribution in [-0.2, 0) is 9.53 Å². The van der Waals surface area contributed by atoms with Crippen molar-refractivity contribution < 1.29 is 14.6 Å². The van der Waals surface area contributed by atoms with Gasteiger partial charge in [-0.15, -0.1) is 0 Å². The molecule has 1 aromatic rings. The number of carbonyl (C=O) groups excluding carboxylic acids is 1. The number of hydrogen-bond acceptors (Lipinski definition) is 3. The van der Waals surface area contributed by atoms with Gasteiger partial charge in [0.2, 0.25) is 0 Å². The Morgan fingerprint density at radius 3 is 2.37 bits per heavy atom. The summed E-state index contributed by atoms with van der Waals surface area (Å²) in [5.41, 5.74) is 0.448. The summed E-state index contributed by atoms with van der Waals surface area (Å²) >= 11 is 0. The molecule has 19 heavy (non-hydrogen) atoms. The molecule has 2 rings (SSSR count). The van der Waals surface area contributed by atoms with Crippen LogP contribution in [0, 0.1) is 0 Å². The van der Waals surface area contributed by atoms with Crippen LogP contribution in [0.3, 0.4) is 0 Å². The van der Waals surface area contributed by atoms with E-state index in [1.807, 2.05) is 51.1 Å². The average Bonchev–Trinajstić information content (AvgIpc) is 2.31. The third-order valence-electron chi connectivity index (χ3n) is 2.97. The van der Waals surface area contributed by atoms with Crippen LogP contribution in [-0.4, -0.2) is 40.7 Å². The Balaban J connectivity index is 2.17. The molecule has 1 fully saturated rings. The van der Waals surface area contributed by atoms with Crippen molar-refractivity contribution in [2.45, 2.75) is 38.6 Å². The number of nitrogens with zero attached hydrogens (tertiary/aromatic N) is 1. The fourth-order valence-electron chi connectivity index (χ4n) is 2.04. The highest BCUT2D eigenvalue weighted by atomic mass is 16.5. The zero-order chi connectivity index (χ0) is 14.0. The predicted octanol–water partition coefficient (Wildman–Crippen LogP) is 1.75. The summed E-state index contributed by atoms with van der Waals surface area (Å²) in [6, 6.07) is 9.49. The number of rotatable bonds is 3. The maximum Gasteiger partial charge on any atom is 0.256 e. The van der Waals surface area contributed by atoms with E-state index in [0.29, 0.717) is 13.1 Å². The molecule has 1 aliphatic heterocycles. The minimum Gasteiger partial charge on any atom is -0.389 e. The van der Waals surface area contributed by atoms with E-state index in [-0.39, 0.29) is 5.91 Å². The summed E-state index contributed by atoms with van der Waals surface area (Å²) < 4.78 is 5.90. The summed E-state index contributed by atoms with van der Waals surface area (Å²) in [5.74, 6) is -0.0774. The number of ether oxygens (including phenoxy) is 1. The van der Waals surface area contributed by atoms with Crippen molar-refractivity contribution in [3.8, 4) is 0 Å². The van der Waals surface area contributed by atoms with E-state index in [1.165, 1.54) is 0 Å². The van der Waals surface area contributed by atoms with Crippen LogP contribution in [0.15, 0.2) is 30.3 Å². The van der Waals surface area contributed by atoms with Crippen LogP contribution in [0.5, 0.6) is 0 Å². The molecular weight excluding hydrogens is 242 g/mol. The van der Waals surface area contributed by atoms with Gasteiger partial charge >= 0.3 is 0 Å². The fourth-order valence-corrected chi connectivity index (χ4v) is 2.04. The molecule has 1 aliphatic rings. The molecule has 1 aromatic carbocycles. The first-order chi connectivity index (χ1) is 8.87. The molecular formula is C15H21NO3. The van der Waals surface area contributed by atoms with Crippen molar-refractivity contribution >= 4 is 5.91 Å². The number of amides is 1. The van der Waals surface area contributed by atoms with Gasteiger partial charge in [0.25, 0.3) is 5.91 Å². The zero-order valence-corrected chi connectivity index (χ0v) is 11.7. The lowest BCUT2D eigenvalue weighted by molar-refractivity contribution is -0.163. The standard InChI is InChI=1S/C15H21NO3/c1-15(2,3)19-13(11-7-5-4-6-8-11)14(18)16-9-12(17)10-16/h4-8,12-13,17H,9-10H2,1-3H3. The normalized spacial score (nSPS) is 18.0. The van der Waals surface area contributed by atoms with E-state index in [0.717, 1.165) is 5.56 Å². The van der Waals surface area contributed by atoms with Gasteiger partial charge in [0, 0.05) is 13.1 Å². The second-order valence-corrected chi connectivity index (χ2v) is 5.92. The van der Waals surface area contributed by atoms with Crippen LogP contribution >= 0.6 is 0 Å². The molecule has 1 unspecified atom stereocenters. The van der Waals surface area contributed by atoms with Crippen LogP contribution in [0.25, 0.3) is 0 Å². The Kier molecular flexibility index (Phi) is 3.92. The molecule has 4 heteroatoms. The maximum atomic E-state index is 12.4. The van der Waals surface area contributed by atoms with E-state index in [1.54, 1.807) is 4.90 Å². The van der Waals surface area contributed by atoms with Crippen molar-refractivity contribution in [3.05, 3.63) is 35.9 Å². The van der Waals surface area contributed by atoms with Crippen molar-refractivity contribution in [2.75, 3.05) is 13.1 Å². The summed E-state index contributed by atoms with van der Waals surface area (Å²) in [5, 5.41) is 9.32. The largest absolute Gasteiger partial charge is 0.389 e.